The summed E-state index contributed by atoms with van der Waals surface area (Å²) in [7, 11) is 2.11. The first-order chi connectivity index (χ1) is 14.4. The van der Waals surface area contributed by atoms with Crippen molar-refractivity contribution in [1.82, 2.24) is 14.5 Å². The van der Waals surface area contributed by atoms with Crippen molar-refractivity contribution >= 4 is 22.3 Å². The molecule has 2 unspecified atom stereocenters. The maximum Gasteiger partial charge on any atom is 0.136 e. The van der Waals surface area contributed by atoms with Gasteiger partial charge in [-0.15, -0.1) is 0 Å². The van der Waals surface area contributed by atoms with Crippen molar-refractivity contribution in [1.29, 1.82) is 0 Å². The summed E-state index contributed by atoms with van der Waals surface area (Å²) < 4.78 is 2.20. The van der Waals surface area contributed by atoms with Crippen LogP contribution in [-0.4, -0.2) is 27.5 Å². The molecule has 2 atom stereocenters. The van der Waals surface area contributed by atoms with Crippen LogP contribution < -0.4 is 0 Å². The second-order valence-corrected chi connectivity index (χ2v) is 8.89. The number of allylic oxidation sites excluding steroid dienone is 2. The maximum absolute atomic E-state index is 5.00. The normalized spacial score (nSPS) is 18.6. The Morgan fingerprint density at radius 2 is 1.97 bits per heavy atom. The monoisotopic (exact) mass is 399 g/mol. The van der Waals surface area contributed by atoms with Gasteiger partial charge in [0.2, 0.25) is 0 Å². The molecule has 156 valence electrons. The second kappa shape index (κ2) is 8.51. The van der Waals surface area contributed by atoms with Crippen LogP contribution in [0.15, 0.2) is 61.2 Å². The molecule has 1 fully saturated rings. The highest BCUT2D eigenvalue weighted by Crippen LogP contribution is 2.29. The molecular weight excluding hydrogens is 366 g/mol. The molecule has 0 aliphatic carbocycles. The first-order valence-electron chi connectivity index (χ1n) is 11.1. The van der Waals surface area contributed by atoms with E-state index < -0.39 is 0 Å². The quantitative estimate of drug-likeness (QED) is 0.489. The number of fused-ring (bicyclic) bond motifs is 1. The third kappa shape index (κ3) is 4.07. The fourth-order valence-corrected chi connectivity index (χ4v) is 4.65. The van der Waals surface area contributed by atoms with E-state index in [1.807, 2.05) is 0 Å². The summed E-state index contributed by atoms with van der Waals surface area (Å²) in [6.45, 7) is 13.3. The number of aromatic nitrogens is 2. The number of imidazole rings is 1. The highest BCUT2D eigenvalue weighted by Gasteiger charge is 2.19. The van der Waals surface area contributed by atoms with E-state index in [9.17, 15) is 0 Å². The van der Waals surface area contributed by atoms with Gasteiger partial charge >= 0.3 is 0 Å². The average molecular weight is 400 g/mol. The molecule has 3 aromatic rings. The molecule has 30 heavy (non-hydrogen) atoms. The molecule has 3 nitrogen and oxygen atoms in total. The topological polar surface area (TPSA) is 21.1 Å². The Morgan fingerprint density at radius 1 is 1.20 bits per heavy atom. The summed E-state index contributed by atoms with van der Waals surface area (Å²) in [4.78, 5) is 7.43. The molecule has 1 saturated heterocycles. The molecule has 0 N–H and O–H groups in total. The van der Waals surface area contributed by atoms with E-state index >= 15 is 0 Å². The largest absolute Gasteiger partial charge is 0.371 e. The van der Waals surface area contributed by atoms with Gasteiger partial charge in [-0.3, -0.25) is 0 Å². The van der Waals surface area contributed by atoms with E-state index in [1.165, 1.54) is 29.5 Å². The molecule has 0 amide bonds. The van der Waals surface area contributed by atoms with Crippen molar-refractivity contribution in [2.75, 3.05) is 13.1 Å². The molecule has 1 aromatic heterocycles. The number of aryl methyl sites for hydroxylation is 1. The molecule has 0 spiro atoms. The molecule has 4 rings (SSSR count). The summed E-state index contributed by atoms with van der Waals surface area (Å²) in [6.07, 6.45) is 4.88. The van der Waals surface area contributed by atoms with Gasteiger partial charge in [-0.2, -0.15) is 0 Å². The van der Waals surface area contributed by atoms with Crippen molar-refractivity contribution < 1.29 is 0 Å². The molecule has 2 aromatic carbocycles. The molecule has 3 heteroatoms. The first-order valence-corrected chi connectivity index (χ1v) is 11.1. The molecule has 2 heterocycles. The number of rotatable bonds is 5. The molecule has 0 saturated carbocycles. The minimum atomic E-state index is 0.349. The van der Waals surface area contributed by atoms with Crippen LogP contribution in [-0.2, 0) is 7.05 Å². The number of benzene rings is 2. The fourth-order valence-electron chi connectivity index (χ4n) is 4.65. The maximum atomic E-state index is 5.00. The molecule has 0 bridgehead atoms. The summed E-state index contributed by atoms with van der Waals surface area (Å²) in [5, 5.41) is 0. The van der Waals surface area contributed by atoms with Crippen LogP contribution in [0.25, 0.3) is 22.3 Å². The SMILES string of the molecule is C=C(c1ccc2c(c1)nc(/C(C)=C/C(C)c1ccccc1)n2C)N1CCCC(C)C1. The number of hydrogen-bond donors (Lipinski definition) is 0. The Labute approximate surface area is 180 Å². The molecule has 1 aliphatic rings. The molecule has 0 radical (unpaired) electrons. The lowest BCUT2D eigenvalue weighted by Gasteiger charge is -2.34. The lowest BCUT2D eigenvalue weighted by atomic mass is 9.98. The van der Waals surface area contributed by atoms with Gasteiger partial charge in [0, 0.05) is 25.8 Å². The van der Waals surface area contributed by atoms with E-state index in [0.717, 1.165) is 41.6 Å². The van der Waals surface area contributed by atoms with Crippen molar-refractivity contribution in [2.45, 2.75) is 39.5 Å². The summed E-state index contributed by atoms with van der Waals surface area (Å²) >= 11 is 0. The summed E-state index contributed by atoms with van der Waals surface area (Å²) in [6, 6.07) is 17.2. The average Bonchev–Trinajstić information content (AvgIpc) is 3.09. The van der Waals surface area contributed by atoms with Crippen LogP contribution >= 0.6 is 0 Å². The fraction of sp³-hybridized carbons (Fsp3) is 0.370. The minimum absolute atomic E-state index is 0.349. The van der Waals surface area contributed by atoms with E-state index in [0.29, 0.717) is 5.92 Å². The van der Waals surface area contributed by atoms with Crippen molar-refractivity contribution in [3.05, 3.63) is 78.1 Å². The van der Waals surface area contributed by atoms with Crippen LogP contribution in [0.2, 0.25) is 0 Å². The number of nitrogens with zero attached hydrogens (tertiary/aromatic N) is 3. The minimum Gasteiger partial charge on any atom is -0.371 e. The van der Waals surface area contributed by atoms with Gasteiger partial charge < -0.3 is 9.47 Å². The van der Waals surface area contributed by atoms with Gasteiger partial charge in [-0.1, -0.05) is 62.9 Å². The van der Waals surface area contributed by atoms with E-state index in [2.05, 4.69) is 98.5 Å². The molecular formula is C27H33N3. The number of likely N-dealkylation sites (tertiary alicyclic amines) is 1. The smallest absolute Gasteiger partial charge is 0.136 e. The molecule has 1 aliphatic heterocycles. The Bertz CT molecular complexity index is 1070. The van der Waals surface area contributed by atoms with Gasteiger partial charge in [0.25, 0.3) is 0 Å². The predicted octanol–water partition coefficient (Wildman–Crippen LogP) is 6.48. The lowest BCUT2D eigenvalue weighted by molar-refractivity contribution is 0.261. The number of hydrogen-bond acceptors (Lipinski definition) is 2. The van der Waals surface area contributed by atoms with E-state index in [1.54, 1.807) is 0 Å². The van der Waals surface area contributed by atoms with Gasteiger partial charge in [0.05, 0.1) is 11.0 Å². The van der Waals surface area contributed by atoms with E-state index in [-0.39, 0.29) is 0 Å². The van der Waals surface area contributed by atoms with Crippen molar-refractivity contribution in [3.8, 4) is 0 Å². The zero-order valence-corrected chi connectivity index (χ0v) is 18.7. The highest BCUT2D eigenvalue weighted by atomic mass is 15.1. The van der Waals surface area contributed by atoms with Crippen LogP contribution in [0.3, 0.4) is 0 Å². The highest BCUT2D eigenvalue weighted by molar-refractivity contribution is 5.83. The van der Waals surface area contributed by atoms with Crippen molar-refractivity contribution in [2.24, 2.45) is 13.0 Å². The van der Waals surface area contributed by atoms with Crippen LogP contribution in [0.1, 0.15) is 56.5 Å². The lowest BCUT2D eigenvalue weighted by Crippen LogP contribution is -2.32. The Morgan fingerprint density at radius 3 is 2.70 bits per heavy atom. The zero-order valence-electron chi connectivity index (χ0n) is 18.7. The Balaban J connectivity index is 1.62. The van der Waals surface area contributed by atoms with E-state index in [4.69, 9.17) is 4.98 Å². The first kappa shape index (κ1) is 20.5. The Hall–Kier alpha value is -2.81. The second-order valence-electron chi connectivity index (χ2n) is 8.89. The predicted molar refractivity (Wildman–Crippen MR) is 128 cm³/mol. The standard InChI is InChI=1S/C27H33N3/c1-19-10-9-15-30(18-19)22(4)24-13-14-26-25(17-24)28-27(29(26)5)21(3)16-20(2)23-11-7-6-8-12-23/h6-8,11-14,16-17,19-20H,4,9-10,15,18H2,1-3,5H3/b21-16+. The van der Waals surface area contributed by atoms with Gasteiger partial charge in [-0.25, -0.2) is 4.98 Å². The number of piperidine rings is 1. The van der Waals surface area contributed by atoms with Gasteiger partial charge in [0.15, 0.2) is 0 Å². The third-order valence-electron chi connectivity index (χ3n) is 6.43. The van der Waals surface area contributed by atoms with Crippen LogP contribution in [0.5, 0.6) is 0 Å². The van der Waals surface area contributed by atoms with Crippen LogP contribution in [0.4, 0.5) is 0 Å². The Kier molecular flexibility index (Phi) is 5.80. The van der Waals surface area contributed by atoms with Gasteiger partial charge in [0.1, 0.15) is 5.82 Å². The summed E-state index contributed by atoms with van der Waals surface area (Å²) in [5.74, 6) is 2.12. The third-order valence-corrected chi connectivity index (χ3v) is 6.43. The van der Waals surface area contributed by atoms with Crippen molar-refractivity contribution in [3.63, 3.8) is 0 Å². The van der Waals surface area contributed by atoms with Crippen LogP contribution in [0, 0.1) is 5.92 Å². The zero-order chi connectivity index (χ0) is 21.3. The summed E-state index contributed by atoms with van der Waals surface area (Å²) in [5.41, 5.74) is 7.03. The van der Waals surface area contributed by atoms with Gasteiger partial charge in [-0.05, 0) is 60.4 Å².